The molecule has 1 N–H and O–H groups in total. The minimum absolute atomic E-state index is 0.0186. The number of nitro groups is 1. The number of nitro benzene ring substituents is 1. The van der Waals surface area contributed by atoms with E-state index in [2.05, 4.69) is 15.4 Å². The number of thiazole rings is 1. The number of amides is 1. The van der Waals surface area contributed by atoms with Crippen molar-refractivity contribution in [3.63, 3.8) is 0 Å². The van der Waals surface area contributed by atoms with Crippen LogP contribution in [0.4, 0.5) is 11.5 Å². The summed E-state index contributed by atoms with van der Waals surface area (Å²) in [5.74, 6) is 1.61. The van der Waals surface area contributed by atoms with Crippen LogP contribution in [-0.4, -0.2) is 32.4 Å². The summed E-state index contributed by atoms with van der Waals surface area (Å²) in [6.45, 7) is 2.03. The number of rotatable bonds is 6. The zero-order chi connectivity index (χ0) is 22.9. The highest BCUT2D eigenvalue weighted by atomic mass is 32.1. The molecule has 0 unspecified atom stereocenters. The predicted molar refractivity (Wildman–Crippen MR) is 121 cm³/mol. The largest absolute Gasteiger partial charge is 0.454 e. The fourth-order valence-electron chi connectivity index (χ4n) is 3.39. The van der Waals surface area contributed by atoms with Gasteiger partial charge in [-0.05, 0) is 30.7 Å². The molecule has 4 aromatic rings. The first-order chi connectivity index (χ1) is 16.0. The minimum Gasteiger partial charge on any atom is -0.454 e. The number of carbonyl (C=O) groups excluding carboxylic acids is 1. The molecular weight excluding hydrogens is 446 g/mol. The second-order valence-corrected chi connectivity index (χ2v) is 8.15. The van der Waals surface area contributed by atoms with Crippen LogP contribution in [0, 0.1) is 17.0 Å². The summed E-state index contributed by atoms with van der Waals surface area (Å²) < 4.78 is 12.4. The molecular formula is C22H17N5O5S. The van der Waals surface area contributed by atoms with Crippen LogP contribution < -0.4 is 14.8 Å². The first kappa shape index (κ1) is 20.6. The quantitative estimate of drug-likeness (QED) is 0.337. The standard InChI is InChI=1S/C22H17N5O5S/c1-13-8-20(24-21(28)9-14-2-5-16(6-3-14)27(29)30)26(25-13)22-23-17(11-33-22)15-4-7-18-19(10-15)32-12-31-18/h2-8,10-11H,9,12H2,1H3,(H,24,28). The van der Waals surface area contributed by atoms with Crippen LogP contribution in [0.15, 0.2) is 53.9 Å². The van der Waals surface area contributed by atoms with Gasteiger partial charge in [-0.3, -0.25) is 14.9 Å². The Bertz CT molecular complexity index is 1360. The number of fused-ring (bicyclic) bond motifs is 1. The zero-order valence-corrected chi connectivity index (χ0v) is 18.2. The predicted octanol–water partition coefficient (Wildman–Crippen LogP) is 4.12. The first-order valence-electron chi connectivity index (χ1n) is 9.92. The highest BCUT2D eigenvalue weighted by Crippen LogP contribution is 2.36. The molecule has 1 aliphatic heterocycles. The molecule has 2 aromatic heterocycles. The molecule has 0 radical (unpaired) electrons. The molecule has 0 spiro atoms. The summed E-state index contributed by atoms with van der Waals surface area (Å²) in [5, 5.41) is 20.6. The Balaban J connectivity index is 1.34. The maximum absolute atomic E-state index is 12.6. The molecule has 166 valence electrons. The topological polar surface area (TPSA) is 121 Å². The summed E-state index contributed by atoms with van der Waals surface area (Å²) in [4.78, 5) is 27.6. The van der Waals surface area contributed by atoms with E-state index in [9.17, 15) is 14.9 Å². The van der Waals surface area contributed by atoms with E-state index in [0.717, 1.165) is 17.0 Å². The lowest BCUT2D eigenvalue weighted by molar-refractivity contribution is -0.384. The molecule has 11 heteroatoms. The van der Waals surface area contributed by atoms with Gasteiger partial charge in [0.25, 0.3) is 5.69 Å². The summed E-state index contributed by atoms with van der Waals surface area (Å²) >= 11 is 1.40. The van der Waals surface area contributed by atoms with Crippen molar-refractivity contribution in [3.8, 4) is 27.9 Å². The number of aromatic nitrogens is 3. The van der Waals surface area contributed by atoms with E-state index in [1.54, 1.807) is 22.9 Å². The van der Waals surface area contributed by atoms with Crippen molar-refractivity contribution in [3.05, 3.63) is 75.3 Å². The van der Waals surface area contributed by atoms with Crippen LogP contribution in [0.2, 0.25) is 0 Å². The fourth-order valence-corrected chi connectivity index (χ4v) is 4.19. The van der Waals surface area contributed by atoms with E-state index >= 15 is 0 Å². The van der Waals surface area contributed by atoms with E-state index in [4.69, 9.17) is 9.47 Å². The van der Waals surface area contributed by atoms with Crippen molar-refractivity contribution in [2.45, 2.75) is 13.3 Å². The van der Waals surface area contributed by atoms with Gasteiger partial charge in [0.1, 0.15) is 5.82 Å². The number of non-ortho nitro benzene ring substituents is 1. The van der Waals surface area contributed by atoms with Gasteiger partial charge in [0.05, 0.1) is 22.7 Å². The fraction of sp³-hybridized carbons (Fsp3) is 0.136. The Morgan fingerprint density at radius 2 is 1.97 bits per heavy atom. The number of hydrogen-bond acceptors (Lipinski definition) is 8. The average molecular weight is 463 g/mol. The van der Waals surface area contributed by atoms with Crippen LogP contribution in [-0.2, 0) is 11.2 Å². The van der Waals surface area contributed by atoms with Gasteiger partial charge in [-0.15, -0.1) is 11.3 Å². The van der Waals surface area contributed by atoms with Crippen molar-refractivity contribution in [1.82, 2.24) is 14.8 Å². The number of ether oxygens (including phenoxy) is 2. The van der Waals surface area contributed by atoms with E-state index < -0.39 is 4.92 Å². The molecule has 3 heterocycles. The van der Waals surface area contributed by atoms with Crippen molar-refractivity contribution < 1.29 is 19.2 Å². The number of anilines is 1. The second kappa shape index (κ2) is 8.36. The summed E-state index contributed by atoms with van der Waals surface area (Å²) in [7, 11) is 0. The molecule has 0 saturated heterocycles. The van der Waals surface area contributed by atoms with Crippen LogP contribution >= 0.6 is 11.3 Å². The van der Waals surface area contributed by atoms with Gasteiger partial charge in [-0.2, -0.15) is 9.78 Å². The number of aryl methyl sites for hydroxylation is 1. The monoisotopic (exact) mass is 463 g/mol. The van der Waals surface area contributed by atoms with Gasteiger partial charge in [0.15, 0.2) is 11.5 Å². The Hall–Kier alpha value is -4.25. The molecule has 2 aromatic carbocycles. The molecule has 5 rings (SSSR count). The number of nitrogens with zero attached hydrogens (tertiary/aromatic N) is 4. The van der Waals surface area contributed by atoms with Gasteiger partial charge in [0.2, 0.25) is 17.8 Å². The molecule has 10 nitrogen and oxygen atoms in total. The SMILES string of the molecule is Cc1cc(NC(=O)Cc2ccc([N+](=O)[O-])cc2)n(-c2nc(-c3ccc4c(c3)OCO4)cs2)n1. The molecule has 0 aliphatic carbocycles. The van der Waals surface area contributed by atoms with Crippen LogP contribution in [0.25, 0.3) is 16.4 Å². The summed E-state index contributed by atoms with van der Waals surface area (Å²) in [6, 6.07) is 13.3. The number of benzene rings is 2. The van der Waals surface area contributed by atoms with Crippen molar-refractivity contribution >= 4 is 28.7 Å². The molecule has 0 fully saturated rings. The van der Waals surface area contributed by atoms with E-state index in [0.29, 0.717) is 28.0 Å². The number of hydrogen-bond donors (Lipinski definition) is 1. The lowest BCUT2D eigenvalue weighted by Gasteiger charge is -2.07. The number of carbonyl (C=O) groups is 1. The molecule has 1 aliphatic rings. The van der Waals surface area contributed by atoms with Gasteiger partial charge in [-0.1, -0.05) is 12.1 Å². The van der Waals surface area contributed by atoms with Gasteiger partial charge in [0, 0.05) is 29.1 Å². The van der Waals surface area contributed by atoms with Crippen molar-refractivity contribution in [2.24, 2.45) is 0 Å². The Labute approximate surface area is 191 Å². The average Bonchev–Trinajstić information content (AvgIpc) is 3.53. The Morgan fingerprint density at radius 3 is 2.76 bits per heavy atom. The zero-order valence-electron chi connectivity index (χ0n) is 17.3. The molecule has 1 amide bonds. The number of nitrogens with one attached hydrogen (secondary N) is 1. The Kier molecular flexibility index (Phi) is 5.23. The molecule has 0 atom stereocenters. The highest BCUT2D eigenvalue weighted by Gasteiger charge is 2.18. The van der Waals surface area contributed by atoms with Crippen molar-refractivity contribution in [2.75, 3.05) is 12.1 Å². The maximum Gasteiger partial charge on any atom is 0.269 e. The van der Waals surface area contributed by atoms with Gasteiger partial charge in [-0.25, -0.2) is 4.98 Å². The van der Waals surface area contributed by atoms with Crippen LogP contribution in [0.5, 0.6) is 11.5 Å². The minimum atomic E-state index is -0.475. The maximum atomic E-state index is 12.6. The lowest BCUT2D eigenvalue weighted by Crippen LogP contribution is -2.17. The highest BCUT2D eigenvalue weighted by molar-refractivity contribution is 7.12. The molecule has 0 bridgehead atoms. The Morgan fingerprint density at radius 1 is 1.18 bits per heavy atom. The second-order valence-electron chi connectivity index (χ2n) is 7.31. The third kappa shape index (κ3) is 4.26. The van der Waals surface area contributed by atoms with Crippen LogP contribution in [0.3, 0.4) is 0 Å². The van der Waals surface area contributed by atoms with Gasteiger partial charge < -0.3 is 14.8 Å². The smallest absolute Gasteiger partial charge is 0.269 e. The summed E-state index contributed by atoms with van der Waals surface area (Å²) in [5.41, 5.74) is 3.01. The third-order valence-electron chi connectivity index (χ3n) is 4.95. The van der Waals surface area contributed by atoms with Crippen LogP contribution in [0.1, 0.15) is 11.3 Å². The normalized spacial score (nSPS) is 12.0. The lowest BCUT2D eigenvalue weighted by atomic mass is 10.1. The van der Waals surface area contributed by atoms with E-state index in [-0.39, 0.29) is 24.8 Å². The molecule has 0 saturated carbocycles. The van der Waals surface area contributed by atoms with E-state index in [1.165, 1.54) is 23.5 Å². The summed E-state index contributed by atoms with van der Waals surface area (Å²) in [6.07, 6.45) is 0.0720. The molecule has 33 heavy (non-hydrogen) atoms. The first-order valence-corrected chi connectivity index (χ1v) is 10.8. The van der Waals surface area contributed by atoms with Gasteiger partial charge >= 0.3 is 0 Å². The van der Waals surface area contributed by atoms with E-state index in [1.807, 2.05) is 30.5 Å². The van der Waals surface area contributed by atoms with Crippen molar-refractivity contribution in [1.29, 1.82) is 0 Å². The third-order valence-corrected chi connectivity index (χ3v) is 5.77.